The van der Waals surface area contributed by atoms with Crippen LogP contribution in [0.2, 0.25) is 0 Å². The van der Waals surface area contributed by atoms with Crippen molar-refractivity contribution in [2.45, 2.75) is 24.6 Å². The van der Waals surface area contributed by atoms with Crippen molar-refractivity contribution in [2.75, 3.05) is 7.11 Å². The lowest BCUT2D eigenvalue weighted by Gasteiger charge is -2.10. The Kier molecular flexibility index (Phi) is 5.57. The highest BCUT2D eigenvalue weighted by Gasteiger charge is 2.09. The van der Waals surface area contributed by atoms with Crippen LogP contribution in [0.25, 0.3) is 0 Å². The Labute approximate surface area is 128 Å². The Bertz CT molecular complexity index is 584. The Hall–Kier alpha value is -1.61. The minimum atomic E-state index is -0.830. The molecule has 2 aromatic carbocycles. The molecule has 0 bridgehead atoms. The number of aryl methyl sites for hydroxylation is 1. The van der Waals surface area contributed by atoms with Gasteiger partial charge in [-0.3, -0.25) is 0 Å². The fourth-order valence-corrected chi connectivity index (χ4v) is 2.43. The van der Waals surface area contributed by atoms with Gasteiger partial charge in [0.25, 0.3) is 0 Å². The standard InChI is InChI=1S/C17H17ClF2O/c1-21-15-7-3-12(4-8-15)2-6-14(18)10-13-5-9-16(19)17(20)11-13/h3-5,7-9,11,14H,2,6,10H2,1H3. The van der Waals surface area contributed by atoms with Gasteiger partial charge in [0.1, 0.15) is 5.75 Å². The molecule has 0 spiro atoms. The van der Waals surface area contributed by atoms with E-state index in [4.69, 9.17) is 16.3 Å². The number of rotatable bonds is 6. The van der Waals surface area contributed by atoms with Crippen LogP contribution in [0.4, 0.5) is 8.78 Å². The van der Waals surface area contributed by atoms with Crippen LogP contribution >= 0.6 is 11.6 Å². The van der Waals surface area contributed by atoms with Gasteiger partial charge in [-0.25, -0.2) is 8.78 Å². The van der Waals surface area contributed by atoms with Gasteiger partial charge in [0.2, 0.25) is 0 Å². The van der Waals surface area contributed by atoms with Gasteiger partial charge in [-0.1, -0.05) is 18.2 Å². The molecule has 0 saturated heterocycles. The van der Waals surface area contributed by atoms with Crippen LogP contribution in [0.5, 0.6) is 5.75 Å². The summed E-state index contributed by atoms with van der Waals surface area (Å²) in [6.45, 7) is 0. The van der Waals surface area contributed by atoms with Gasteiger partial charge >= 0.3 is 0 Å². The lowest BCUT2D eigenvalue weighted by Crippen LogP contribution is -2.05. The maximum Gasteiger partial charge on any atom is 0.159 e. The lowest BCUT2D eigenvalue weighted by atomic mass is 10.0. The molecule has 2 rings (SSSR count). The van der Waals surface area contributed by atoms with Gasteiger partial charge in [-0.15, -0.1) is 11.6 Å². The summed E-state index contributed by atoms with van der Waals surface area (Å²) in [5.74, 6) is -0.836. The van der Waals surface area contributed by atoms with Crippen molar-refractivity contribution >= 4 is 11.6 Å². The van der Waals surface area contributed by atoms with Crippen molar-refractivity contribution in [1.29, 1.82) is 0 Å². The first-order valence-corrected chi connectivity index (χ1v) is 7.23. The van der Waals surface area contributed by atoms with Crippen molar-refractivity contribution < 1.29 is 13.5 Å². The van der Waals surface area contributed by atoms with Crippen LogP contribution in [0.15, 0.2) is 42.5 Å². The molecular weight excluding hydrogens is 294 g/mol. The van der Waals surface area contributed by atoms with Gasteiger partial charge in [-0.05, 0) is 54.7 Å². The molecule has 0 saturated carbocycles. The van der Waals surface area contributed by atoms with Crippen molar-refractivity contribution in [3.8, 4) is 5.75 Å². The molecule has 1 unspecified atom stereocenters. The summed E-state index contributed by atoms with van der Waals surface area (Å²) in [5, 5.41) is -0.114. The molecule has 4 heteroatoms. The van der Waals surface area contributed by atoms with E-state index in [1.54, 1.807) is 13.2 Å². The number of hydrogen-bond donors (Lipinski definition) is 0. The summed E-state index contributed by atoms with van der Waals surface area (Å²) in [7, 11) is 1.63. The summed E-state index contributed by atoms with van der Waals surface area (Å²) in [5.41, 5.74) is 1.88. The molecule has 1 nitrogen and oxygen atoms in total. The number of methoxy groups -OCH3 is 1. The second-order valence-electron chi connectivity index (χ2n) is 4.94. The Morgan fingerprint density at radius 1 is 1.00 bits per heavy atom. The minimum absolute atomic E-state index is 0.114. The topological polar surface area (TPSA) is 9.23 Å². The van der Waals surface area contributed by atoms with Gasteiger partial charge < -0.3 is 4.74 Å². The number of halogens is 3. The van der Waals surface area contributed by atoms with Crippen LogP contribution in [0, 0.1) is 11.6 Å². The first-order valence-electron chi connectivity index (χ1n) is 6.79. The average molecular weight is 311 g/mol. The van der Waals surface area contributed by atoms with Crippen LogP contribution in [-0.4, -0.2) is 12.5 Å². The number of ether oxygens (including phenoxy) is 1. The smallest absolute Gasteiger partial charge is 0.159 e. The zero-order chi connectivity index (χ0) is 15.2. The van der Waals surface area contributed by atoms with E-state index < -0.39 is 11.6 Å². The highest BCUT2D eigenvalue weighted by Crippen LogP contribution is 2.18. The van der Waals surface area contributed by atoms with Crippen molar-refractivity contribution in [3.05, 3.63) is 65.2 Å². The third-order valence-electron chi connectivity index (χ3n) is 3.35. The van der Waals surface area contributed by atoms with E-state index in [0.717, 1.165) is 24.7 Å². The summed E-state index contributed by atoms with van der Waals surface area (Å²) in [4.78, 5) is 0. The molecule has 21 heavy (non-hydrogen) atoms. The molecule has 2 aromatic rings. The van der Waals surface area contributed by atoms with Gasteiger partial charge in [0, 0.05) is 5.38 Å². The Morgan fingerprint density at radius 3 is 2.29 bits per heavy atom. The van der Waals surface area contributed by atoms with E-state index in [0.29, 0.717) is 12.0 Å². The predicted molar refractivity (Wildman–Crippen MR) is 81.0 cm³/mol. The van der Waals surface area contributed by atoms with E-state index in [9.17, 15) is 8.78 Å². The molecule has 0 aromatic heterocycles. The normalized spacial score (nSPS) is 12.2. The molecule has 0 heterocycles. The second-order valence-corrected chi connectivity index (χ2v) is 5.55. The molecule has 0 amide bonds. The van der Waals surface area contributed by atoms with Gasteiger partial charge in [0.15, 0.2) is 11.6 Å². The lowest BCUT2D eigenvalue weighted by molar-refractivity contribution is 0.414. The second kappa shape index (κ2) is 7.41. The Balaban J connectivity index is 1.86. The SMILES string of the molecule is COc1ccc(CCC(Cl)Cc2ccc(F)c(F)c2)cc1. The summed E-state index contributed by atoms with van der Waals surface area (Å²) >= 11 is 6.28. The number of hydrogen-bond acceptors (Lipinski definition) is 1. The van der Waals surface area contributed by atoms with Gasteiger partial charge in [-0.2, -0.15) is 0 Å². The molecule has 1 atom stereocenters. The van der Waals surface area contributed by atoms with E-state index in [1.165, 1.54) is 11.6 Å². The van der Waals surface area contributed by atoms with Crippen LogP contribution in [-0.2, 0) is 12.8 Å². The molecule has 0 fully saturated rings. The Morgan fingerprint density at radius 2 is 1.67 bits per heavy atom. The van der Waals surface area contributed by atoms with E-state index in [2.05, 4.69) is 0 Å². The van der Waals surface area contributed by atoms with Crippen LogP contribution in [0.1, 0.15) is 17.5 Å². The molecule has 0 N–H and O–H groups in total. The van der Waals surface area contributed by atoms with Crippen molar-refractivity contribution in [1.82, 2.24) is 0 Å². The third-order valence-corrected chi connectivity index (χ3v) is 3.72. The van der Waals surface area contributed by atoms with E-state index in [-0.39, 0.29) is 5.38 Å². The highest BCUT2D eigenvalue weighted by atomic mass is 35.5. The first-order chi connectivity index (χ1) is 10.1. The molecule has 0 aliphatic rings. The molecular formula is C17H17ClF2O. The monoisotopic (exact) mass is 310 g/mol. The summed E-state index contributed by atoms with van der Waals surface area (Å²) < 4.78 is 31.1. The van der Waals surface area contributed by atoms with E-state index >= 15 is 0 Å². The quantitative estimate of drug-likeness (QED) is 0.699. The van der Waals surface area contributed by atoms with Crippen molar-refractivity contribution in [3.63, 3.8) is 0 Å². The molecule has 112 valence electrons. The molecule has 0 radical (unpaired) electrons. The fraction of sp³-hybridized carbons (Fsp3) is 0.294. The van der Waals surface area contributed by atoms with Gasteiger partial charge in [0.05, 0.1) is 7.11 Å². The average Bonchev–Trinajstić information content (AvgIpc) is 2.49. The zero-order valence-electron chi connectivity index (χ0n) is 11.8. The molecule has 0 aliphatic heterocycles. The third kappa shape index (κ3) is 4.71. The largest absolute Gasteiger partial charge is 0.497 e. The van der Waals surface area contributed by atoms with E-state index in [1.807, 2.05) is 24.3 Å². The highest BCUT2D eigenvalue weighted by molar-refractivity contribution is 6.20. The number of benzene rings is 2. The zero-order valence-corrected chi connectivity index (χ0v) is 12.5. The number of alkyl halides is 1. The van der Waals surface area contributed by atoms with Crippen molar-refractivity contribution in [2.24, 2.45) is 0 Å². The summed E-state index contributed by atoms with van der Waals surface area (Å²) in [6, 6.07) is 11.7. The predicted octanol–water partition coefficient (Wildman–Crippen LogP) is 4.76. The van der Waals surface area contributed by atoms with Crippen LogP contribution < -0.4 is 4.74 Å². The maximum absolute atomic E-state index is 13.1. The molecule has 0 aliphatic carbocycles. The van der Waals surface area contributed by atoms with Crippen LogP contribution in [0.3, 0.4) is 0 Å². The fourth-order valence-electron chi connectivity index (χ4n) is 2.14. The minimum Gasteiger partial charge on any atom is -0.497 e. The maximum atomic E-state index is 13.1. The first kappa shape index (κ1) is 15.8. The summed E-state index contributed by atoms with van der Waals surface area (Å²) in [6.07, 6.45) is 2.13.